The molecule has 3 aromatic carbocycles. The van der Waals surface area contributed by atoms with E-state index in [1.807, 2.05) is 72.8 Å². The molecule has 0 bridgehead atoms. The van der Waals surface area contributed by atoms with E-state index in [1.54, 1.807) is 35.3 Å². The summed E-state index contributed by atoms with van der Waals surface area (Å²) in [5.74, 6) is 0.915. The van der Waals surface area contributed by atoms with Crippen molar-refractivity contribution in [1.82, 2.24) is 15.0 Å². The fraction of sp³-hybridized carbons (Fsp3) is 0.212. The van der Waals surface area contributed by atoms with Gasteiger partial charge in [0.25, 0.3) is 11.5 Å². The number of hydrogen-bond acceptors (Lipinski definition) is 8. The van der Waals surface area contributed by atoms with E-state index in [1.165, 1.54) is 16.6 Å². The Morgan fingerprint density at radius 2 is 1.81 bits per heavy atom. The van der Waals surface area contributed by atoms with E-state index in [9.17, 15) is 9.59 Å². The smallest absolute Gasteiger partial charge is 0.267 e. The minimum atomic E-state index is -0.310. The Morgan fingerprint density at radius 1 is 1.05 bits per heavy atom. The zero-order valence-electron chi connectivity index (χ0n) is 23.6. The van der Waals surface area contributed by atoms with Crippen LogP contribution < -0.4 is 20.5 Å². The van der Waals surface area contributed by atoms with Crippen molar-refractivity contribution in [2.24, 2.45) is 5.10 Å². The maximum absolute atomic E-state index is 13.8. The number of methoxy groups -OCH3 is 1. The lowest BCUT2D eigenvalue weighted by Crippen LogP contribution is -2.24. The molecule has 0 atom stereocenters. The molecule has 43 heavy (non-hydrogen) atoms. The highest BCUT2D eigenvalue weighted by Crippen LogP contribution is 2.35. The van der Waals surface area contributed by atoms with Crippen molar-refractivity contribution < 1.29 is 14.3 Å². The average Bonchev–Trinajstić information content (AvgIpc) is 3.42. The topological polar surface area (TPSA) is 94.8 Å². The molecule has 6 rings (SSSR count). The van der Waals surface area contributed by atoms with Gasteiger partial charge in [-0.25, -0.2) is 10.4 Å². The summed E-state index contributed by atoms with van der Waals surface area (Å²) in [7, 11) is 1.59. The number of fused-ring (bicyclic) bond motifs is 3. The first-order chi connectivity index (χ1) is 21.1. The SMILES string of the molecule is COc1ccc(C=NNC(=O)CSc2nc3sc4c(c3c(=O)n2-c2ccccc2)CCCC4)cc1OCc1ccccc1. The van der Waals surface area contributed by atoms with Crippen LogP contribution in [0, 0.1) is 0 Å². The summed E-state index contributed by atoms with van der Waals surface area (Å²) in [6.45, 7) is 0.397. The van der Waals surface area contributed by atoms with Gasteiger partial charge in [-0.05, 0) is 72.7 Å². The van der Waals surface area contributed by atoms with Gasteiger partial charge >= 0.3 is 0 Å². The van der Waals surface area contributed by atoms with E-state index in [0.29, 0.717) is 28.6 Å². The number of hydrogen-bond donors (Lipinski definition) is 1. The molecule has 0 aliphatic heterocycles. The van der Waals surface area contributed by atoms with E-state index < -0.39 is 0 Å². The number of ether oxygens (including phenoxy) is 2. The van der Waals surface area contributed by atoms with Gasteiger partial charge in [-0.15, -0.1) is 11.3 Å². The predicted molar refractivity (Wildman–Crippen MR) is 172 cm³/mol. The molecule has 0 saturated heterocycles. The summed E-state index contributed by atoms with van der Waals surface area (Å²) in [5.41, 5.74) is 6.15. The lowest BCUT2D eigenvalue weighted by Gasteiger charge is -2.13. The number of thioether (sulfide) groups is 1. The Hall–Kier alpha value is -4.41. The van der Waals surface area contributed by atoms with Crippen molar-refractivity contribution in [1.29, 1.82) is 0 Å². The quantitative estimate of drug-likeness (QED) is 0.0882. The minimum absolute atomic E-state index is 0.0429. The molecular formula is C33H30N4O4S2. The second-order valence-electron chi connectivity index (χ2n) is 10.0. The molecular weight excluding hydrogens is 581 g/mol. The van der Waals surface area contributed by atoms with Gasteiger partial charge in [0.1, 0.15) is 11.4 Å². The number of benzene rings is 3. The minimum Gasteiger partial charge on any atom is -0.493 e. The molecule has 0 spiro atoms. The van der Waals surface area contributed by atoms with Gasteiger partial charge in [-0.1, -0.05) is 60.3 Å². The highest BCUT2D eigenvalue weighted by Gasteiger charge is 2.23. The van der Waals surface area contributed by atoms with E-state index in [-0.39, 0.29) is 17.2 Å². The molecule has 1 aliphatic carbocycles. The van der Waals surface area contributed by atoms with Gasteiger partial charge in [-0.2, -0.15) is 5.10 Å². The fourth-order valence-corrected chi connectivity index (χ4v) is 7.16. The normalized spacial score (nSPS) is 12.8. The van der Waals surface area contributed by atoms with E-state index >= 15 is 0 Å². The number of carbonyl (C=O) groups excluding carboxylic acids is 1. The van der Waals surface area contributed by atoms with Crippen molar-refractivity contribution >= 4 is 45.4 Å². The Balaban J connectivity index is 1.16. The first-order valence-corrected chi connectivity index (χ1v) is 15.8. The van der Waals surface area contributed by atoms with Crippen LogP contribution in [-0.4, -0.2) is 34.5 Å². The zero-order valence-corrected chi connectivity index (χ0v) is 25.2. The largest absolute Gasteiger partial charge is 0.493 e. The summed E-state index contributed by atoms with van der Waals surface area (Å²) in [6, 6.07) is 24.8. The first kappa shape index (κ1) is 28.7. The Morgan fingerprint density at radius 3 is 2.60 bits per heavy atom. The molecule has 1 aliphatic rings. The van der Waals surface area contributed by atoms with Crippen LogP contribution in [0.3, 0.4) is 0 Å². The zero-order chi connectivity index (χ0) is 29.6. The average molecular weight is 611 g/mol. The van der Waals surface area contributed by atoms with Crippen molar-refractivity contribution in [2.45, 2.75) is 37.4 Å². The number of hydrazone groups is 1. The van der Waals surface area contributed by atoms with Crippen LogP contribution in [0.25, 0.3) is 15.9 Å². The van der Waals surface area contributed by atoms with Crippen LogP contribution in [0.2, 0.25) is 0 Å². The van der Waals surface area contributed by atoms with Crippen LogP contribution in [0.5, 0.6) is 11.5 Å². The molecule has 0 radical (unpaired) electrons. The predicted octanol–water partition coefficient (Wildman–Crippen LogP) is 6.16. The van der Waals surface area contributed by atoms with Gasteiger partial charge in [0.2, 0.25) is 0 Å². The maximum Gasteiger partial charge on any atom is 0.267 e. The molecule has 0 unspecified atom stereocenters. The Labute approximate surface area is 257 Å². The number of nitrogens with one attached hydrogen (secondary N) is 1. The number of thiophene rings is 1. The van der Waals surface area contributed by atoms with Gasteiger partial charge < -0.3 is 9.47 Å². The van der Waals surface area contributed by atoms with E-state index in [0.717, 1.165) is 52.9 Å². The highest BCUT2D eigenvalue weighted by atomic mass is 32.2. The molecule has 2 aromatic heterocycles. The Kier molecular flexibility index (Phi) is 8.85. The molecule has 2 heterocycles. The molecule has 1 N–H and O–H groups in total. The molecule has 0 saturated carbocycles. The van der Waals surface area contributed by atoms with Crippen LogP contribution in [-0.2, 0) is 24.2 Å². The fourth-order valence-electron chi connectivity index (χ4n) is 5.05. The highest BCUT2D eigenvalue weighted by molar-refractivity contribution is 7.99. The number of para-hydroxylation sites is 1. The third-order valence-corrected chi connectivity index (χ3v) is 9.26. The van der Waals surface area contributed by atoms with E-state index in [4.69, 9.17) is 14.5 Å². The Bertz CT molecular complexity index is 1840. The van der Waals surface area contributed by atoms with Crippen molar-refractivity contribution in [3.63, 3.8) is 0 Å². The van der Waals surface area contributed by atoms with Gasteiger partial charge in [0, 0.05) is 4.88 Å². The third-order valence-electron chi connectivity index (χ3n) is 7.13. The molecule has 5 aromatic rings. The number of aryl methyl sites for hydroxylation is 2. The van der Waals surface area contributed by atoms with Gasteiger partial charge in [-0.3, -0.25) is 14.2 Å². The summed E-state index contributed by atoms with van der Waals surface area (Å²) < 4.78 is 13.0. The molecule has 218 valence electrons. The van der Waals surface area contributed by atoms with Crippen LogP contribution in [0.1, 0.15) is 34.4 Å². The lowest BCUT2D eigenvalue weighted by molar-refractivity contribution is -0.118. The molecule has 0 fully saturated rings. The number of carbonyl (C=O) groups is 1. The van der Waals surface area contributed by atoms with Crippen LogP contribution >= 0.6 is 23.1 Å². The van der Waals surface area contributed by atoms with Crippen LogP contribution in [0.15, 0.2) is 93.9 Å². The summed E-state index contributed by atoms with van der Waals surface area (Å²) >= 11 is 2.82. The third kappa shape index (κ3) is 6.50. The summed E-state index contributed by atoms with van der Waals surface area (Å²) in [6.07, 6.45) is 5.66. The van der Waals surface area contributed by atoms with Crippen molar-refractivity contribution in [2.75, 3.05) is 12.9 Å². The molecule has 10 heteroatoms. The van der Waals surface area contributed by atoms with Crippen LogP contribution in [0.4, 0.5) is 0 Å². The van der Waals surface area contributed by atoms with Gasteiger partial charge in [0.15, 0.2) is 16.7 Å². The number of aromatic nitrogens is 2. The van der Waals surface area contributed by atoms with E-state index in [2.05, 4.69) is 10.5 Å². The summed E-state index contributed by atoms with van der Waals surface area (Å²) in [4.78, 5) is 33.5. The lowest BCUT2D eigenvalue weighted by atomic mass is 9.97. The van der Waals surface area contributed by atoms with Crippen molar-refractivity contribution in [3.8, 4) is 17.2 Å². The number of rotatable bonds is 10. The first-order valence-electron chi connectivity index (χ1n) is 14.0. The summed E-state index contributed by atoms with van der Waals surface area (Å²) in [5, 5.41) is 5.34. The maximum atomic E-state index is 13.8. The van der Waals surface area contributed by atoms with Gasteiger partial charge in [0.05, 0.1) is 30.2 Å². The standard InChI is InChI=1S/C33H30N4O4S2/c1-40-26-17-16-23(18-27(26)41-20-22-10-4-2-5-11-22)19-34-36-29(38)21-42-33-35-31-30(25-14-8-9-15-28(25)43-31)32(39)37(33)24-12-6-3-7-13-24/h2-7,10-13,16-19H,8-9,14-15,20-21H2,1H3,(H,36,38). The monoisotopic (exact) mass is 610 g/mol. The molecule has 8 nitrogen and oxygen atoms in total. The number of nitrogens with zero attached hydrogens (tertiary/aromatic N) is 3. The second-order valence-corrected chi connectivity index (χ2v) is 12.1. The number of amides is 1. The molecule has 1 amide bonds. The second kappa shape index (κ2) is 13.3. The van der Waals surface area contributed by atoms with Crippen molar-refractivity contribution in [3.05, 3.63) is 111 Å².